The van der Waals surface area contributed by atoms with Gasteiger partial charge in [-0.3, -0.25) is 14.5 Å². The van der Waals surface area contributed by atoms with Crippen LogP contribution in [0.15, 0.2) is 48.5 Å². The zero-order valence-electron chi connectivity index (χ0n) is 15.7. The monoisotopic (exact) mass is 367 g/mol. The maximum atomic E-state index is 12.3. The Balaban J connectivity index is 1.55. The molecule has 6 heteroatoms. The fourth-order valence-electron chi connectivity index (χ4n) is 2.63. The zero-order chi connectivity index (χ0) is 19.2. The molecule has 0 aromatic heterocycles. The molecule has 2 amide bonds. The smallest absolute Gasteiger partial charge is 0.238 e. The number of likely N-dealkylation sites (N-methyl/N-ethyl adjacent to an activating group) is 1. The van der Waals surface area contributed by atoms with E-state index in [4.69, 9.17) is 4.74 Å². The average molecular weight is 367 g/mol. The Morgan fingerprint density at radius 3 is 2.41 bits per heavy atom. The van der Waals surface area contributed by atoms with Crippen molar-refractivity contribution in [2.45, 2.75) is 25.8 Å². The largest absolute Gasteiger partial charge is 0.455 e. The quantitative estimate of drug-likeness (QED) is 0.753. The Morgan fingerprint density at radius 2 is 1.70 bits per heavy atom. The molecular formula is C21H25N3O3. The second-order valence-corrected chi connectivity index (χ2v) is 6.97. The number of amides is 2. The lowest BCUT2D eigenvalue weighted by molar-refractivity contribution is -0.123. The molecule has 6 nitrogen and oxygen atoms in total. The molecule has 2 aromatic carbocycles. The van der Waals surface area contributed by atoms with Crippen LogP contribution in [0.25, 0.3) is 0 Å². The van der Waals surface area contributed by atoms with E-state index in [9.17, 15) is 9.59 Å². The molecule has 3 rings (SSSR count). The van der Waals surface area contributed by atoms with Crippen molar-refractivity contribution in [3.05, 3.63) is 54.1 Å². The van der Waals surface area contributed by atoms with Gasteiger partial charge in [-0.05, 0) is 51.1 Å². The highest BCUT2D eigenvalue weighted by Crippen LogP contribution is 2.29. The van der Waals surface area contributed by atoms with Crippen molar-refractivity contribution in [2.24, 2.45) is 0 Å². The molecule has 0 spiro atoms. The summed E-state index contributed by atoms with van der Waals surface area (Å²) in [5.74, 6) is 1.03. The first-order valence-corrected chi connectivity index (χ1v) is 9.11. The number of rotatable bonds is 8. The van der Waals surface area contributed by atoms with Crippen LogP contribution >= 0.6 is 0 Å². The summed E-state index contributed by atoms with van der Waals surface area (Å²) >= 11 is 0. The van der Waals surface area contributed by atoms with E-state index in [0.717, 1.165) is 18.4 Å². The minimum absolute atomic E-state index is 0.0455. The standard InChI is InChI=1S/C21H25N3O3/c1-15-7-11-17(12-8-15)27-19-6-4-3-5-18(19)23-21(26)14-24(2)13-20(25)22-16-9-10-16/h3-8,11-12,16H,9-10,13-14H2,1-2H3,(H,22,25)(H,23,26). The number of carbonyl (C=O) groups is 2. The predicted octanol–water partition coefficient (Wildman–Crippen LogP) is 2.94. The minimum atomic E-state index is -0.198. The van der Waals surface area contributed by atoms with Crippen LogP contribution in [-0.2, 0) is 9.59 Å². The highest BCUT2D eigenvalue weighted by atomic mass is 16.5. The molecule has 2 aromatic rings. The van der Waals surface area contributed by atoms with Crippen molar-refractivity contribution in [1.29, 1.82) is 0 Å². The Bertz CT molecular complexity index is 801. The number of aryl methyl sites for hydroxylation is 1. The van der Waals surface area contributed by atoms with E-state index < -0.39 is 0 Å². The van der Waals surface area contributed by atoms with Gasteiger partial charge in [0.25, 0.3) is 0 Å². The number of para-hydroxylation sites is 2. The Morgan fingerprint density at radius 1 is 1.04 bits per heavy atom. The number of anilines is 1. The second kappa shape index (κ2) is 8.68. The number of hydrogen-bond donors (Lipinski definition) is 2. The summed E-state index contributed by atoms with van der Waals surface area (Å²) in [7, 11) is 1.75. The van der Waals surface area contributed by atoms with Crippen molar-refractivity contribution < 1.29 is 14.3 Å². The lowest BCUT2D eigenvalue weighted by atomic mass is 10.2. The van der Waals surface area contributed by atoms with Crippen LogP contribution in [0.2, 0.25) is 0 Å². The number of nitrogens with one attached hydrogen (secondary N) is 2. The third-order valence-corrected chi connectivity index (χ3v) is 4.18. The summed E-state index contributed by atoms with van der Waals surface area (Å²) in [6.07, 6.45) is 2.10. The summed E-state index contributed by atoms with van der Waals surface area (Å²) in [4.78, 5) is 25.9. The average Bonchev–Trinajstić information content (AvgIpc) is 3.42. The van der Waals surface area contributed by atoms with Gasteiger partial charge in [-0.1, -0.05) is 29.8 Å². The van der Waals surface area contributed by atoms with Crippen molar-refractivity contribution in [3.63, 3.8) is 0 Å². The molecule has 0 aliphatic heterocycles. The molecule has 1 aliphatic rings. The van der Waals surface area contributed by atoms with Gasteiger partial charge < -0.3 is 15.4 Å². The van der Waals surface area contributed by atoms with Crippen LogP contribution in [0.1, 0.15) is 18.4 Å². The highest BCUT2D eigenvalue weighted by molar-refractivity contribution is 5.94. The lowest BCUT2D eigenvalue weighted by Crippen LogP contribution is -2.39. The lowest BCUT2D eigenvalue weighted by Gasteiger charge is -2.17. The molecule has 1 saturated carbocycles. The van der Waals surface area contributed by atoms with Gasteiger partial charge in [-0.15, -0.1) is 0 Å². The van der Waals surface area contributed by atoms with Crippen LogP contribution in [0.4, 0.5) is 5.69 Å². The number of carbonyl (C=O) groups excluding carboxylic acids is 2. The topological polar surface area (TPSA) is 70.7 Å². The van der Waals surface area contributed by atoms with E-state index in [0.29, 0.717) is 23.2 Å². The van der Waals surface area contributed by atoms with E-state index in [1.807, 2.05) is 49.4 Å². The number of hydrogen-bond acceptors (Lipinski definition) is 4. The van der Waals surface area contributed by atoms with Gasteiger partial charge in [0.2, 0.25) is 11.8 Å². The van der Waals surface area contributed by atoms with Gasteiger partial charge in [0.1, 0.15) is 5.75 Å². The van der Waals surface area contributed by atoms with Gasteiger partial charge in [0.05, 0.1) is 18.8 Å². The Labute approximate surface area is 159 Å². The predicted molar refractivity (Wildman–Crippen MR) is 105 cm³/mol. The van der Waals surface area contributed by atoms with Gasteiger partial charge in [0, 0.05) is 6.04 Å². The molecule has 0 heterocycles. The van der Waals surface area contributed by atoms with Gasteiger partial charge in [-0.25, -0.2) is 0 Å². The molecule has 0 atom stereocenters. The minimum Gasteiger partial charge on any atom is -0.455 e. The van der Waals surface area contributed by atoms with Gasteiger partial charge in [-0.2, -0.15) is 0 Å². The van der Waals surface area contributed by atoms with Crippen LogP contribution in [0.5, 0.6) is 11.5 Å². The highest BCUT2D eigenvalue weighted by Gasteiger charge is 2.23. The van der Waals surface area contributed by atoms with E-state index >= 15 is 0 Å². The van der Waals surface area contributed by atoms with Crippen molar-refractivity contribution in [1.82, 2.24) is 10.2 Å². The maximum Gasteiger partial charge on any atom is 0.238 e. The van der Waals surface area contributed by atoms with Crippen LogP contribution in [-0.4, -0.2) is 42.9 Å². The van der Waals surface area contributed by atoms with E-state index in [1.165, 1.54) is 0 Å². The summed E-state index contributed by atoms with van der Waals surface area (Å²) in [6.45, 7) is 2.34. The van der Waals surface area contributed by atoms with Crippen molar-refractivity contribution in [3.8, 4) is 11.5 Å². The van der Waals surface area contributed by atoms with E-state index in [-0.39, 0.29) is 24.9 Å². The third-order valence-electron chi connectivity index (χ3n) is 4.18. The molecule has 0 unspecified atom stereocenters. The normalized spacial score (nSPS) is 13.3. The summed E-state index contributed by atoms with van der Waals surface area (Å²) in [5, 5.41) is 5.78. The molecule has 27 heavy (non-hydrogen) atoms. The first kappa shape index (κ1) is 18.9. The molecular weight excluding hydrogens is 342 g/mol. The van der Waals surface area contributed by atoms with E-state index in [2.05, 4.69) is 10.6 Å². The van der Waals surface area contributed by atoms with Crippen molar-refractivity contribution >= 4 is 17.5 Å². The third kappa shape index (κ3) is 6.11. The first-order chi connectivity index (χ1) is 13.0. The molecule has 142 valence electrons. The molecule has 0 saturated heterocycles. The summed E-state index contributed by atoms with van der Waals surface area (Å²) in [5.41, 5.74) is 1.75. The Hall–Kier alpha value is -2.86. The second-order valence-electron chi connectivity index (χ2n) is 6.97. The first-order valence-electron chi connectivity index (χ1n) is 9.11. The molecule has 2 N–H and O–H groups in total. The molecule has 1 fully saturated rings. The summed E-state index contributed by atoms with van der Waals surface area (Å²) in [6, 6.07) is 15.3. The Kier molecular flexibility index (Phi) is 6.08. The summed E-state index contributed by atoms with van der Waals surface area (Å²) < 4.78 is 5.89. The fourth-order valence-corrected chi connectivity index (χ4v) is 2.63. The van der Waals surface area contributed by atoms with Gasteiger partial charge in [0.15, 0.2) is 5.75 Å². The zero-order valence-corrected chi connectivity index (χ0v) is 15.7. The molecule has 1 aliphatic carbocycles. The van der Waals surface area contributed by atoms with Crippen molar-refractivity contribution in [2.75, 3.05) is 25.5 Å². The SMILES string of the molecule is Cc1ccc(Oc2ccccc2NC(=O)CN(C)CC(=O)NC2CC2)cc1. The fraction of sp³-hybridized carbons (Fsp3) is 0.333. The maximum absolute atomic E-state index is 12.3. The van der Waals surface area contributed by atoms with Gasteiger partial charge >= 0.3 is 0 Å². The molecule has 0 bridgehead atoms. The molecule has 0 radical (unpaired) electrons. The number of ether oxygens (including phenoxy) is 1. The van der Waals surface area contributed by atoms with Crippen LogP contribution < -0.4 is 15.4 Å². The van der Waals surface area contributed by atoms with Crippen LogP contribution in [0, 0.1) is 6.92 Å². The van der Waals surface area contributed by atoms with E-state index in [1.54, 1.807) is 18.0 Å². The number of nitrogens with zero attached hydrogens (tertiary/aromatic N) is 1. The number of benzene rings is 2. The van der Waals surface area contributed by atoms with Crippen LogP contribution in [0.3, 0.4) is 0 Å².